The number of carbonyl (C=O) groups is 1. The molecule has 17 heavy (non-hydrogen) atoms. The van der Waals surface area contributed by atoms with E-state index in [2.05, 4.69) is 5.32 Å². The Hall–Kier alpha value is -1.26. The van der Waals surface area contributed by atoms with Gasteiger partial charge in [-0.2, -0.15) is 0 Å². The second-order valence-electron chi connectivity index (χ2n) is 4.20. The van der Waals surface area contributed by atoms with Gasteiger partial charge in [-0.1, -0.05) is 11.6 Å². The van der Waals surface area contributed by atoms with Crippen molar-refractivity contribution in [2.75, 3.05) is 5.73 Å². The number of carbonyl (C=O) groups excluding carboxylic acids is 1. The maximum atomic E-state index is 11.9. The van der Waals surface area contributed by atoms with Gasteiger partial charge in [-0.15, -0.1) is 0 Å². The van der Waals surface area contributed by atoms with Gasteiger partial charge in [-0.25, -0.2) is 0 Å². The summed E-state index contributed by atoms with van der Waals surface area (Å²) in [4.78, 5) is 11.9. The number of halogens is 1. The fourth-order valence-corrected chi connectivity index (χ4v) is 1.79. The number of aliphatic hydroxyl groups is 1. The number of rotatable bonds is 4. The molecule has 1 rings (SSSR count). The Morgan fingerprint density at radius 2 is 2.18 bits per heavy atom. The molecule has 0 bridgehead atoms. The smallest absolute Gasteiger partial charge is 0.253 e. The minimum Gasteiger partial charge on any atom is -0.399 e. The van der Waals surface area contributed by atoms with Crippen LogP contribution in [0.1, 0.15) is 30.6 Å². The van der Waals surface area contributed by atoms with Crippen LogP contribution in [0.3, 0.4) is 0 Å². The van der Waals surface area contributed by atoms with Crippen molar-refractivity contribution in [2.45, 2.75) is 32.4 Å². The van der Waals surface area contributed by atoms with Crippen LogP contribution in [-0.4, -0.2) is 23.2 Å². The molecule has 0 aliphatic carbocycles. The zero-order valence-corrected chi connectivity index (χ0v) is 10.7. The topological polar surface area (TPSA) is 75.3 Å². The van der Waals surface area contributed by atoms with Crippen LogP contribution in [0.5, 0.6) is 0 Å². The van der Waals surface area contributed by atoms with Crippen LogP contribution in [0.4, 0.5) is 5.69 Å². The van der Waals surface area contributed by atoms with Gasteiger partial charge in [0.25, 0.3) is 5.91 Å². The van der Waals surface area contributed by atoms with Gasteiger partial charge in [0.15, 0.2) is 0 Å². The molecule has 1 amide bonds. The van der Waals surface area contributed by atoms with Crippen molar-refractivity contribution in [3.63, 3.8) is 0 Å². The minimum atomic E-state index is -0.457. The van der Waals surface area contributed by atoms with Crippen LogP contribution in [0.25, 0.3) is 0 Å². The van der Waals surface area contributed by atoms with Gasteiger partial charge in [0.1, 0.15) is 0 Å². The standard InChI is InChI=1S/C12H17ClN2O2/c1-7(5-8(2)16)15-12(17)10-6-9(14)3-4-11(10)13/h3-4,6-8,16H,5,14H2,1-2H3,(H,15,17). The van der Waals surface area contributed by atoms with Crippen LogP contribution < -0.4 is 11.1 Å². The van der Waals surface area contributed by atoms with Crippen molar-refractivity contribution in [2.24, 2.45) is 0 Å². The minimum absolute atomic E-state index is 0.125. The van der Waals surface area contributed by atoms with Gasteiger partial charge in [-0.3, -0.25) is 4.79 Å². The Balaban J connectivity index is 2.73. The van der Waals surface area contributed by atoms with Crippen molar-refractivity contribution < 1.29 is 9.90 Å². The Kier molecular flexibility index (Phi) is 4.78. The average molecular weight is 257 g/mol. The number of hydrogen-bond donors (Lipinski definition) is 3. The quantitative estimate of drug-likeness (QED) is 0.719. The normalized spacial score (nSPS) is 14.1. The molecule has 1 aromatic carbocycles. The summed E-state index contributed by atoms with van der Waals surface area (Å²) in [6.07, 6.45) is 0.0349. The molecule has 4 nitrogen and oxygen atoms in total. The van der Waals surface area contributed by atoms with E-state index in [9.17, 15) is 9.90 Å². The van der Waals surface area contributed by atoms with Crippen molar-refractivity contribution in [3.8, 4) is 0 Å². The summed E-state index contributed by atoms with van der Waals surface area (Å²) < 4.78 is 0. The lowest BCUT2D eigenvalue weighted by Crippen LogP contribution is -2.34. The molecule has 94 valence electrons. The van der Waals surface area contributed by atoms with E-state index in [1.807, 2.05) is 6.92 Å². The predicted octanol–water partition coefficient (Wildman–Crippen LogP) is 1.81. The Bertz CT molecular complexity index is 407. The summed E-state index contributed by atoms with van der Waals surface area (Å²) in [7, 11) is 0. The van der Waals surface area contributed by atoms with Gasteiger partial charge < -0.3 is 16.2 Å². The molecule has 0 aromatic heterocycles. The van der Waals surface area contributed by atoms with Crippen LogP contribution in [0.15, 0.2) is 18.2 Å². The summed E-state index contributed by atoms with van der Waals surface area (Å²) >= 11 is 5.91. The maximum absolute atomic E-state index is 11.9. The first kappa shape index (κ1) is 13.8. The van der Waals surface area contributed by atoms with E-state index in [4.69, 9.17) is 17.3 Å². The SMILES string of the molecule is CC(O)CC(C)NC(=O)c1cc(N)ccc1Cl. The molecule has 0 saturated carbocycles. The number of nitrogens with one attached hydrogen (secondary N) is 1. The van der Waals surface area contributed by atoms with Gasteiger partial charge >= 0.3 is 0 Å². The van der Waals surface area contributed by atoms with Crippen molar-refractivity contribution in [1.29, 1.82) is 0 Å². The molecule has 5 heteroatoms. The zero-order chi connectivity index (χ0) is 13.0. The number of anilines is 1. The van der Waals surface area contributed by atoms with Gasteiger partial charge in [-0.05, 0) is 38.5 Å². The molecule has 2 atom stereocenters. The van der Waals surface area contributed by atoms with Crippen molar-refractivity contribution in [1.82, 2.24) is 5.32 Å². The highest BCUT2D eigenvalue weighted by Gasteiger charge is 2.14. The molecule has 0 heterocycles. The summed E-state index contributed by atoms with van der Waals surface area (Å²) in [5.41, 5.74) is 6.44. The largest absolute Gasteiger partial charge is 0.399 e. The molecule has 0 aliphatic rings. The van der Waals surface area contributed by atoms with E-state index in [1.165, 1.54) is 6.07 Å². The van der Waals surface area contributed by atoms with E-state index >= 15 is 0 Å². The van der Waals surface area contributed by atoms with Crippen molar-refractivity contribution in [3.05, 3.63) is 28.8 Å². The van der Waals surface area contributed by atoms with Crippen LogP contribution in [-0.2, 0) is 0 Å². The fraction of sp³-hybridized carbons (Fsp3) is 0.417. The van der Waals surface area contributed by atoms with Crippen LogP contribution >= 0.6 is 11.6 Å². The van der Waals surface area contributed by atoms with Crippen LogP contribution in [0.2, 0.25) is 5.02 Å². The molecular weight excluding hydrogens is 240 g/mol. The maximum Gasteiger partial charge on any atom is 0.253 e. The Labute approximate surface area is 106 Å². The monoisotopic (exact) mass is 256 g/mol. The molecule has 0 saturated heterocycles. The summed E-state index contributed by atoms with van der Waals surface area (Å²) in [5, 5.41) is 12.3. The molecule has 0 aliphatic heterocycles. The molecule has 2 unspecified atom stereocenters. The second-order valence-corrected chi connectivity index (χ2v) is 4.61. The van der Waals surface area contributed by atoms with Crippen LogP contribution in [0, 0.1) is 0 Å². The van der Waals surface area contributed by atoms with Gasteiger partial charge in [0.2, 0.25) is 0 Å². The third-order valence-electron chi connectivity index (χ3n) is 2.31. The lowest BCUT2D eigenvalue weighted by Gasteiger charge is -2.16. The lowest BCUT2D eigenvalue weighted by molar-refractivity contribution is 0.0923. The predicted molar refractivity (Wildman–Crippen MR) is 69.1 cm³/mol. The zero-order valence-electron chi connectivity index (χ0n) is 9.90. The molecule has 0 spiro atoms. The average Bonchev–Trinajstić information content (AvgIpc) is 2.20. The Morgan fingerprint density at radius 1 is 1.53 bits per heavy atom. The number of amides is 1. The first-order valence-electron chi connectivity index (χ1n) is 5.44. The molecule has 0 fully saturated rings. The number of hydrogen-bond acceptors (Lipinski definition) is 3. The summed E-state index contributed by atoms with van der Waals surface area (Å²) in [6.45, 7) is 3.50. The second kappa shape index (κ2) is 5.89. The Morgan fingerprint density at radius 3 is 2.76 bits per heavy atom. The highest BCUT2D eigenvalue weighted by Crippen LogP contribution is 2.18. The van der Waals surface area contributed by atoms with E-state index in [-0.39, 0.29) is 11.9 Å². The first-order valence-corrected chi connectivity index (χ1v) is 5.82. The van der Waals surface area contributed by atoms with E-state index in [0.717, 1.165) is 0 Å². The number of nitrogen functional groups attached to an aromatic ring is 1. The van der Waals surface area contributed by atoms with Crippen molar-refractivity contribution >= 4 is 23.2 Å². The number of benzene rings is 1. The highest BCUT2D eigenvalue weighted by molar-refractivity contribution is 6.34. The van der Waals surface area contributed by atoms with Gasteiger partial charge in [0.05, 0.1) is 16.7 Å². The molecule has 0 radical (unpaired) electrons. The molecule has 1 aromatic rings. The third-order valence-corrected chi connectivity index (χ3v) is 2.64. The lowest BCUT2D eigenvalue weighted by atomic mass is 10.1. The van der Waals surface area contributed by atoms with E-state index in [0.29, 0.717) is 22.7 Å². The third kappa shape index (κ3) is 4.24. The first-order chi connectivity index (χ1) is 7.90. The number of nitrogens with two attached hydrogens (primary N) is 1. The molecule has 4 N–H and O–H groups in total. The van der Waals surface area contributed by atoms with E-state index < -0.39 is 6.10 Å². The number of aliphatic hydroxyl groups excluding tert-OH is 1. The summed E-state index contributed by atoms with van der Waals surface area (Å²) in [6, 6.07) is 4.64. The molecular formula is C12H17ClN2O2. The summed E-state index contributed by atoms with van der Waals surface area (Å²) in [5.74, 6) is -0.282. The fourth-order valence-electron chi connectivity index (χ4n) is 1.59. The van der Waals surface area contributed by atoms with E-state index in [1.54, 1.807) is 19.1 Å². The highest BCUT2D eigenvalue weighted by atomic mass is 35.5. The van der Waals surface area contributed by atoms with Gasteiger partial charge in [0, 0.05) is 11.7 Å².